The summed E-state index contributed by atoms with van der Waals surface area (Å²) in [6.45, 7) is 6.44. The molecule has 2 amide bonds. The van der Waals surface area contributed by atoms with Crippen LogP contribution in [0.5, 0.6) is 0 Å². The lowest BCUT2D eigenvalue weighted by Gasteiger charge is -2.38. The van der Waals surface area contributed by atoms with Gasteiger partial charge in [0.2, 0.25) is 11.8 Å². The summed E-state index contributed by atoms with van der Waals surface area (Å²) in [5.41, 5.74) is 5.72. The van der Waals surface area contributed by atoms with Gasteiger partial charge in [-0.1, -0.05) is 20.8 Å². The molecule has 18 heavy (non-hydrogen) atoms. The van der Waals surface area contributed by atoms with Gasteiger partial charge in [0.25, 0.3) is 0 Å². The second-order valence-electron chi connectivity index (χ2n) is 6.00. The maximum atomic E-state index is 12.4. The molecule has 0 saturated carbocycles. The number of likely N-dealkylation sites (tertiary alicyclic amines) is 1. The standard InChI is InChI=1S/C13H25N3O2/c1-13(2,3)10(14)12(18)16-8-6-5-7-9(16)11(17)15-4/h9-10H,5-8,14H2,1-4H3,(H,15,17)/t9?,10-/m0/s1. The highest BCUT2D eigenvalue weighted by atomic mass is 16.2. The van der Waals surface area contributed by atoms with Crippen molar-refractivity contribution in [2.45, 2.75) is 52.1 Å². The largest absolute Gasteiger partial charge is 0.357 e. The van der Waals surface area contributed by atoms with Crippen LogP contribution in [-0.4, -0.2) is 42.4 Å². The molecule has 1 rings (SSSR count). The van der Waals surface area contributed by atoms with Crippen molar-refractivity contribution in [3.05, 3.63) is 0 Å². The maximum absolute atomic E-state index is 12.4. The molecular formula is C13H25N3O2. The fourth-order valence-electron chi connectivity index (χ4n) is 2.18. The Kier molecular flexibility index (Phi) is 4.73. The van der Waals surface area contributed by atoms with Gasteiger partial charge in [-0.2, -0.15) is 0 Å². The van der Waals surface area contributed by atoms with Crippen molar-refractivity contribution in [3.8, 4) is 0 Å². The third kappa shape index (κ3) is 3.22. The number of hydrogen-bond donors (Lipinski definition) is 2. The van der Waals surface area contributed by atoms with Crippen LogP contribution in [0.15, 0.2) is 0 Å². The van der Waals surface area contributed by atoms with E-state index >= 15 is 0 Å². The molecule has 2 atom stereocenters. The minimum Gasteiger partial charge on any atom is -0.357 e. The Morgan fingerprint density at radius 1 is 1.33 bits per heavy atom. The molecule has 1 unspecified atom stereocenters. The SMILES string of the molecule is CNC(=O)C1CCCCN1C(=O)[C@H](N)C(C)(C)C. The third-order valence-electron chi connectivity index (χ3n) is 3.53. The van der Waals surface area contributed by atoms with Gasteiger partial charge in [0.05, 0.1) is 6.04 Å². The summed E-state index contributed by atoms with van der Waals surface area (Å²) in [6.07, 6.45) is 2.64. The molecule has 1 aliphatic rings. The molecule has 0 aromatic heterocycles. The van der Waals surface area contributed by atoms with Gasteiger partial charge < -0.3 is 16.0 Å². The number of rotatable bonds is 2. The summed E-state index contributed by atoms with van der Waals surface area (Å²) in [5, 5.41) is 2.62. The number of hydrogen-bond acceptors (Lipinski definition) is 3. The molecule has 1 heterocycles. The lowest BCUT2D eigenvalue weighted by Crippen LogP contribution is -2.58. The van der Waals surface area contributed by atoms with Crippen molar-refractivity contribution < 1.29 is 9.59 Å². The third-order valence-corrected chi connectivity index (χ3v) is 3.53. The van der Waals surface area contributed by atoms with E-state index in [1.165, 1.54) is 0 Å². The fraction of sp³-hybridized carbons (Fsp3) is 0.846. The minimum atomic E-state index is -0.567. The molecular weight excluding hydrogens is 230 g/mol. The topological polar surface area (TPSA) is 75.4 Å². The van der Waals surface area contributed by atoms with Crippen LogP contribution < -0.4 is 11.1 Å². The fourth-order valence-corrected chi connectivity index (χ4v) is 2.18. The summed E-state index contributed by atoms with van der Waals surface area (Å²) in [7, 11) is 1.60. The zero-order valence-electron chi connectivity index (χ0n) is 11.8. The Bertz CT molecular complexity index is 323. The summed E-state index contributed by atoms with van der Waals surface area (Å²) < 4.78 is 0. The highest BCUT2D eigenvalue weighted by Crippen LogP contribution is 2.23. The monoisotopic (exact) mass is 255 g/mol. The number of amides is 2. The molecule has 0 aliphatic carbocycles. The number of carbonyl (C=O) groups is 2. The molecule has 0 aromatic carbocycles. The molecule has 0 spiro atoms. The van der Waals surface area contributed by atoms with Crippen LogP contribution in [0.1, 0.15) is 40.0 Å². The van der Waals surface area contributed by atoms with Crippen molar-refractivity contribution >= 4 is 11.8 Å². The summed E-state index contributed by atoms with van der Waals surface area (Å²) in [6, 6.07) is -0.924. The van der Waals surface area contributed by atoms with Crippen molar-refractivity contribution in [2.75, 3.05) is 13.6 Å². The van der Waals surface area contributed by atoms with Crippen molar-refractivity contribution in [2.24, 2.45) is 11.1 Å². The Morgan fingerprint density at radius 3 is 2.44 bits per heavy atom. The van der Waals surface area contributed by atoms with E-state index in [1.54, 1.807) is 11.9 Å². The molecule has 1 fully saturated rings. The molecule has 0 bridgehead atoms. The lowest BCUT2D eigenvalue weighted by molar-refractivity contribution is -0.144. The molecule has 104 valence electrons. The van der Waals surface area contributed by atoms with E-state index in [9.17, 15) is 9.59 Å². The van der Waals surface area contributed by atoms with Gasteiger partial charge in [-0.25, -0.2) is 0 Å². The minimum absolute atomic E-state index is 0.0934. The molecule has 5 heteroatoms. The highest BCUT2D eigenvalue weighted by molar-refractivity contribution is 5.90. The molecule has 5 nitrogen and oxygen atoms in total. The van der Waals surface area contributed by atoms with Crippen molar-refractivity contribution in [1.82, 2.24) is 10.2 Å². The normalized spacial score (nSPS) is 22.5. The van der Waals surface area contributed by atoms with E-state index in [4.69, 9.17) is 5.73 Å². The van der Waals surface area contributed by atoms with Crippen LogP contribution in [-0.2, 0) is 9.59 Å². The zero-order chi connectivity index (χ0) is 13.9. The first-order valence-electron chi connectivity index (χ1n) is 6.56. The molecule has 0 radical (unpaired) electrons. The van der Waals surface area contributed by atoms with E-state index in [0.29, 0.717) is 6.54 Å². The Morgan fingerprint density at radius 2 is 1.94 bits per heavy atom. The average molecular weight is 255 g/mol. The van der Waals surface area contributed by atoms with Crippen molar-refractivity contribution in [3.63, 3.8) is 0 Å². The predicted molar refractivity (Wildman–Crippen MR) is 70.8 cm³/mol. The quantitative estimate of drug-likeness (QED) is 0.754. The molecule has 3 N–H and O–H groups in total. The Balaban J connectivity index is 2.84. The van der Waals surface area contributed by atoms with Crippen LogP contribution in [0.4, 0.5) is 0 Å². The smallest absolute Gasteiger partial charge is 0.242 e. The maximum Gasteiger partial charge on any atom is 0.242 e. The lowest BCUT2D eigenvalue weighted by atomic mass is 9.85. The summed E-state index contributed by atoms with van der Waals surface area (Å²) >= 11 is 0. The number of likely N-dealkylation sites (N-methyl/N-ethyl adjacent to an activating group) is 1. The van der Waals surface area contributed by atoms with E-state index in [0.717, 1.165) is 19.3 Å². The molecule has 1 aliphatic heterocycles. The predicted octanol–water partition coefficient (Wildman–Crippen LogP) is 0.487. The van der Waals surface area contributed by atoms with E-state index < -0.39 is 6.04 Å². The van der Waals surface area contributed by atoms with Gasteiger partial charge in [0, 0.05) is 13.6 Å². The highest BCUT2D eigenvalue weighted by Gasteiger charge is 2.37. The number of nitrogens with two attached hydrogens (primary N) is 1. The Hall–Kier alpha value is -1.10. The second kappa shape index (κ2) is 5.69. The first kappa shape index (κ1) is 15.0. The van der Waals surface area contributed by atoms with Crippen LogP contribution in [0.3, 0.4) is 0 Å². The number of nitrogens with zero attached hydrogens (tertiary/aromatic N) is 1. The van der Waals surface area contributed by atoms with E-state index in [1.807, 2.05) is 20.8 Å². The zero-order valence-corrected chi connectivity index (χ0v) is 11.8. The average Bonchev–Trinajstić information content (AvgIpc) is 2.35. The summed E-state index contributed by atoms with van der Waals surface area (Å²) in [5.74, 6) is -0.208. The first-order valence-corrected chi connectivity index (χ1v) is 6.56. The molecule has 0 aromatic rings. The molecule has 1 saturated heterocycles. The van der Waals surface area contributed by atoms with Crippen LogP contribution in [0.2, 0.25) is 0 Å². The van der Waals surface area contributed by atoms with Gasteiger partial charge in [-0.05, 0) is 24.7 Å². The van der Waals surface area contributed by atoms with Gasteiger partial charge in [0.15, 0.2) is 0 Å². The number of piperidine rings is 1. The van der Waals surface area contributed by atoms with Crippen LogP contribution in [0.25, 0.3) is 0 Å². The van der Waals surface area contributed by atoms with Crippen LogP contribution in [0, 0.1) is 5.41 Å². The number of carbonyl (C=O) groups excluding carboxylic acids is 2. The summed E-state index contributed by atoms with van der Waals surface area (Å²) in [4.78, 5) is 25.9. The van der Waals surface area contributed by atoms with Crippen LogP contribution >= 0.6 is 0 Å². The van der Waals surface area contributed by atoms with E-state index in [-0.39, 0.29) is 23.3 Å². The van der Waals surface area contributed by atoms with Gasteiger partial charge in [-0.3, -0.25) is 9.59 Å². The first-order chi connectivity index (χ1) is 8.29. The van der Waals surface area contributed by atoms with Gasteiger partial charge >= 0.3 is 0 Å². The van der Waals surface area contributed by atoms with E-state index in [2.05, 4.69) is 5.32 Å². The van der Waals surface area contributed by atoms with Gasteiger partial charge in [-0.15, -0.1) is 0 Å². The Labute approximate surface area is 109 Å². The number of nitrogens with one attached hydrogen (secondary N) is 1. The van der Waals surface area contributed by atoms with Crippen molar-refractivity contribution in [1.29, 1.82) is 0 Å². The second-order valence-corrected chi connectivity index (χ2v) is 6.00. The van der Waals surface area contributed by atoms with Gasteiger partial charge in [0.1, 0.15) is 6.04 Å².